The summed E-state index contributed by atoms with van der Waals surface area (Å²) in [4.78, 5) is 2.97. The van der Waals surface area contributed by atoms with Crippen LogP contribution in [0.3, 0.4) is 0 Å². The molecule has 1 aromatic heterocycles. The second-order valence-corrected chi connectivity index (χ2v) is 13.7. The molecule has 9 rings (SSSR count). The predicted molar refractivity (Wildman–Crippen MR) is 192 cm³/mol. The first-order chi connectivity index (χ1) is 23.1. The molecule has 0 N–H and O–H groups in total. The lowest BCUT2D eigenvalue weighted by Crippen LogP contribution is -2.11. The lowest BCUT2D eigenvalue weighted by Gasteiger charge is -2.28. The van der Waals surface area contributed by atoms with E-state index >= 15 is 0 Å². The van der Waals surface area contributed by atoms with Crippen LogP contribution in [0.1, 0.15) is 0 Å². The zero-order valence-electron chi connectivity index (χ0n) is 25.3. The number of nitrogens with zero attached hydrogens (tertiary/aromatic N) is 2. The number of hydrogen-bond acceptors (Lipinski definition) is 3. The molecule has 1 aliphatic rings. The van der Waals surface area contributed by atoms with E-state index in [0.717, 1.165) is 66.8 Å². The van der Waals surface area contributed by atoms with Gasteiger partial charge >= 0.3 is 0 Å². The second kappa shape index (κ2) is 10.6. The van der Waals surface area contributed by atoms with Crippen LogP contribution in [0.5, 0.6) is 0 Å². The average molecular weight is 625 g/mol. The topological polar surface area (TPSA) is 42.3 Å². The molecule has 0 atom stereocenters. The number of para-hydroxylation sites is 4. The first kappa shape index (κ1) is 27.4. The van der Waals surface area contributed by atoms with Gasteiger partial charge in [0, 0.05) is 44.5 Å². The van der Waals surface area contributed by atoms with Crippen molar-refractivity contribution in [2.24, 2.45) is 0 Å². The molecule has 5 heteroatoms. The molecule has 2 heterocycles. The van der Waals surface area contributed by atoms with Gasteiger partial charge in [-0.3, -0.25) is 0 Å². The smallest absolute Gasteiger partial charge is 0.207 e. The van der Waals surface area contributed by atoms with Crippen molar-refractivity contribution in [3.8, 4) is 27.9 Å². The molecule has 8 aromatic rings. The van der Waals surface area contributed by atoms with Crippen LogP contribution in [0.15, 0.2) is 180 Å². The summed E-state index contributed by atoms with van der Waals surface area (Å²) in [6.07, 6.45) is 0. The Labute approximate surface area is 273 Å². The van der Waals surface area contributed by atoms with Gasteiger partial charge in [0.25, 0.3) is 0 Å². The summed E-state index contributed by atoms with van der Waals surface area (Å²) < 4.78 is 30.0. The second-order valence-electron chi connectivity index (χ2n) is 11.8. The molecule has 0 radical (unpaired) electrons. The number of aromatic nitrogens is 1. The molecule has 0 spiro atoms. The van der Waals surface area contributed by atoms with Crippen molar-refractivity contribution in [2.75, 3.05) is 4.90 Å². The number of sulfone groups is 1. The van der Waals surface area contributed by atoms with E-state index in [1.165, 1.54) is 0 Å². The Morgan fingerprint density at radius 3 is 1.77 bits per heavy atom. The van der Waals surface area contributed by atoms with Gasteiger partial charge < -0.3 is 9.47 Å². The highest BCUT2D eigenvalue weighted by Gasteiger charge is 2.33. The third-order valence-corrected chi connectivity index (χ3v) is 11.0. The average Bonchev–Trinajstić information content (AvgIpc) is 3.57. The number of rotatable bonds is 5. The van der Waals surface area contributed by atoms with Crippen LogP contribution >= 0.6 is 0 Å². The minimum Gasteiger partial charge on any atom is -0.310 e. The SMILES string of the molecule is O=S1(=O)c2ccccc2-c2ccc(-c3cc4c5ccccc5n(-c5ccccc5)c4cc3N(c3ccccc3)c3ccccc3)cc21. The lowest BCUT2D eigenvalue weighted by atomic mass is 9.96. The van der Waals surface area contributed by atoms with Gasteiger partial charge in [-0.25, -0.2) is 8.42 Å². The van der Waals surface area contributed by atoms with Crippen molar-refractivity contribution >= 4 is 48.7 Å². The number of benzene rings is 7. The van der Waals surface area contributed by atoms with E-state index in [1.807, 2.05) is 66.7 Å². The predicted octanol–water partition coefficient (Wildman–Crippen LogP) is 10.7. The van der Waals surface area contributed by atoms with Gasteiger partial charge in [0.2, 0.25) is 9.84 Å². The van der Waals surface area contributed by atoms with Gasteiger partial charge in [0.15, 0.2) is 0 Å². The van der Waals surface area contributed by atoms with Crippen molar-refractivity contribution in [1.82, 2.24) is 4.57 Å². The van der Waals surface area contributed by atoms with Crippen molar-refractivity contribution in [3.05, 3.63) is 170 Å². The maximum Gasteiger partial charge on any atom is 0.207 e. The molecule has 4 nitrogen and oxygen atoms in total. The number of fused-ring (bicyclic) bond motifs is 6. The molecule has 1 aliphatic heterocycles. The summed E-state index contributed by atoms with van der Waals surface area (Å²) in [5.74, 6) is 0. The van der Waals surface area contributed by atoms with Gasteiger partial charge in [0.1, 0.15) is 0 Å². The Bertz CT molecular complexity index is 2540. The first-order valence-corrected chi connectivity index (χ1v) is 17.1. The Kier molecular flexibility index (Phi) is 6.17. The fraction of sp³-hybridized carbons (Fsp3) is 0. The van der Waals surface area contributed by atoms with Gasteiger partial charge in [-0.05, 0) is 72.3 Å². The van der Waals surface area contributed by atoms with E-state index in [2.05, 4.69) is 100 Å². The van der Waals surface area contributed by atoms with Gasteiger partial charge in [-0.2, -0.15) is 0 Å². The molecule has 0 amide bonds. The highest BCUT2D eigenvalue weighted by molar-refractivity contribution is 7.92. The van der Waals surface area contributed by atoms with E-state index in [9.17, 15) is 8.42 Å². The quantitative estimate of drug-likeness (QED) is 0.191. The van der Waals surface area contributed by atoms with E-state index in [4.69, 9.17) is 0 Å². The summed E-state index contributed by atoms with van der Waals surface area (Å²) in [6, 6.07) is 57.2. The molecule has 0 aliphatic carbocycles. The van der Waals surface area contributed by atoms with Gasteiger partial charge in [0.05, 0.1) is 26.5 Å². The highest BCUT2D eigenvalue weighted by atomic mass is 32.2. The molecule has 47 heavy (non-hydrogen) atoms. The summed E-state index contributed by atoms with van der Waals surface area (Å²) in [5.41, 5.74) is 9.48. The third kappa shape index (κ3) is 4.24. The largest absolute Gasteiger partial charge is 0.310 e. The molecule has 7 aromatic carbocycles. The molecule has 0 saturated carbocycles. The van der Waals surface area contributed by atoms with E-state index < -0.39 is 9.84 Å². The molecule has 224 valence electrons. The Hall–Kier alpha value is -5.91. The minimum absolute atomic E-state index is 0.347. The van der Waals surface area contributed by atoms with E-state index in [-0.39, 0.29) is 0 Å². The molecular formula is C42H28N2O2S. The lowest BCUT2D eigenvalue weighted by molar-refractivity contribution is 0.598. The maximum absolute atomic E-state index is 13.9. The summed E-state index contributed by atoms with van der Waals surface area (Å²) >= 11 is 0. The van der Waals surface area contributed by atoms with Crippen molar-refractivity contribution in [3.63, 3.8) is 0 Å². The summed E-state index contributed by atoms with van der Waals surface area (Å²) in [6.45, 7) is 0. The summed E-state index contributed by atoms with van der Waals surface area (Å²) in [5, 5.41) is 2.22. The highest BCUT2D eigenvalue weighted by Crippen LogP contribution is 2.48. The van der Waals surface area contributed by atoms with Crippen LogP contribution in [-0.4, -0.2) is 13.0 Å². The van der Waals surface area contributed by atoms with Gasteiger partial charge in [-0.1, -0.05) is 103 Å². The van der Waals surface area contributed by atoms with E-state index in [0.29, 0.717) is 9.79 Å². The van der Waals surface area contributed by atoms with Crippen LogP contribution in [0.25, 0.3) is 49.7 Å². The Morgan fingerprint density at radius 1 is 0.447 bits per heavy atom. The first-order valence-electron chi connectivity index (χ1n) is 15.6. The molecular weight excluding hydrogens is 597 g/mol. The molecule has 0 unspecified atom stereocenters. The van der Waals surface area contributed by atoms with Crippen LogP contribution in [0.4, 0.5) is 17.1 Å². The van der Waals surface area contributed by atoms with Crippen LogP contribution in [0.2, 0.25) is 0 Å². The van der Waals surface area contributed by atoms with E-state index in [1.54, 1.807) is 12.1 Å². The minimum atomic E-state index is -3.66. The third-order valence-electron chi connectivity index (χ3n) is 9.12. The Balaban J connectivity index is 1.40. The maximum atomic E-state index is 13.9. The van der Waals surface area contributed by atoms with Crippen LogP contribution < -0.4 is 4.90 Å². The summed E-state index contributed by atoms with van der Waals surface area (Å²) in [7, 11) is -3.66. The van der Waals surface area contributed by atoms with Crippen molar-refractivity contribution in [2.45, 2.75) is 9.79 Å². The van der Waals surface area contributed by atoms with Gasteiger partial charge in [-0.15, -0.1) is 0 Å². The number of hydrogen-bond donors (Lipinski definition) is 0. The molecule has 0 saturated heterocycles. The van der Waals surface area contributed by atoms with Crippen LogP contribution in [-0.2, 0) is 9.84 Å². The number of anilines is 3. The Morgan fingerprint density at radius 2 is 1.04 bits per heavy atom. The molecule has 0 bridgehead atoms. The zero-order chi connectivity index (χ0) is 31.5. The van der Waals surface area contributed by atoms with Crippen LogP contribution in [0, 0.1) is 0 Å². The zero-order valence-corrected chi connectivity index (χ0v) is 26.1. The monoisotopic (exact) mass is 624 g/mol. The standard InChI is InChI=1S/C42H28N2O2S/c45-47(46)41-23-13-11-21-34(41)35-25-24-29(26-42(35)47)36-27-37-33-20-10-12-22-38(33)44(32-18-8-3-9-19-32)40(37)28-39(36)43(30-14-4-1-5-15-30)31-16-6-2-7-17-31/h1-28H. The van der Waals surface area contributed by atoms with Crippen molar-refractivity contribution in [1.29, 1.82) is 0 Å². The van der Waals surface area contributed by atoms with Crippen molar-refractivity contribution < 1.29 is 8.42 Å². The fourth-order valence-corrected chi connectivity index (χ4v) is 8.75. The molecule has 0 fully saturated rings. The fourth-order valence-electron chi connectivity index (χ4n) is 7.03. The normalized spacial score (nSPS) is 13.0.